The van der Waals surface area contributed by atoms with Gasteiger partial charge in [-0.2, -0.15) is 0 Å². The molecule has 0 aliphatic rings. The van der Waals surface area contributed by atoms with E-state index in [2.05, 4.69) is 142 Å². The van der Waals surface area contributed by atoms with Crippen molar-refractivity contribution >= 4 is 17.9 Å². The first-order valence-electron chi connectivity index (χ1n) is 29.5. The molecule has 0 fully saturated rings. The molecule has 0 saturated carbocycles. The van der Waals surface area contributed by atoms with Crippen LogP contribution < -0.4 is 0 Å². The van der Waals surface area contributed by atoms with Crippen molar-refractivity contribution in [2.75, 3.05) is 13.2 Å². The Morgan fingerprint density at radius 3 is 0.875 bits per heavy atom. The van der Waals surface area contributed by atoms with Gasteiger partial charge < -0.3 is 14.2 Å². The van der Waals surface area contributed by atoms with Crippen molar-refractivity contribution in [1.29, 1.82) is 0 Å². The van der Waals surface area contributed by atoms with Crippen molar-refractivity contribution in [1.82, 2.24) is 0 Å². The highest BCUT2D eigenvalue weighted by molar-refractivity contribution is 5.71. The first-order valence-corrected chi connectivity index (χ1v) is 29.5. The molecule has 0 heterocycles. The van der Waals surface area contributed by atoms with Gasteiger partial charge >= 0.3 is 17.9 Å². The lowest BCUT2D eigenvalue weighted by Gasteiger charge is -2.18. The van der Waals surface area contributed by atoms with Gasteiger partial charge in [0.05, 0.1) is 0 Å². The monoisotopic (exact) mass is 997 g/mol. The van der Waals surface area contributed by atoms with Crippen molar-refractivity contribution < 1.29 is 28.6 Å². The van der Waals surface area contributed by atoms with Crippen LogP contribution in [0.25, 0.3) is 0 Å². The predicted molar refractivity (Wildman–Crippen MR) is 311 cm³/mol. The molecule has 0 aromatic heterocycles. The van der Waals surface area contributed by atoms with Crippen LogP contribution in [-0.4, -0.2) is 37.2 Å². The summed E-state index contributed by atoms with van der Waals surface area (Å²) in [5, 5.41) is 0. The van der Waals surface area contributed by atoms with Crippen molar-refractivity contribution in [3.8, 4) is 0 Å². The van der Waals surface area contributed by atoms with E-state index < -0.39 is 6.10 Å². The second-order valence-corrected chi connectivity index (χ2v) is 19.1. The van der Waals surface area contributed by atoms with Crippen LogP contribution in [-0.2, 0) is 28.6 Å². The van der Waals surface area contributed by atoms with E-state index in [4.69, 9.17) is 14.2 Å². The lowest BCUT2D eigenvalue weighted by molar-refractivity contribution is -0.167. The van der Waals surface area contributed by atoms with Gasteiger partial charge in [-0.3, -0.25) is 14.4 Å². The normalized spacial score (nSPS) is 13.0. The number of hydrogen-bond donors (Lipinski definition) is 0. The first-order chi connectivity index (χ1) is 35.5. The highest BCUT2D eigenvalue weighted by Gasteiger charge is 2.19. The Morgan fingerprint density at radius 1 is 0.292 bits per heavy atom. The number of unbranched alkanes of at least 4 members (excludes halogenated alkanes) is 21. The lowest BCUT2D eigenvalue weighted by Crippen LogP contribution is -2.30. The summed E-state index contributed by atoms with van der Waals surface area (Å²) < 4.78 is 16.8. The summed E-state index contributed by atoms with van der Waals surface area (Å²) in [4.78, 5) is 38.0. The second kappa shape index (κ2) is 59.4. The van der Waals surface area contributed by atoms with Gasteiger partial charge in [0.1, 0.15) is 13.2 Å². The molecule has 1 unspecified atom stereocenters. The van der Waals surface area contributed by atoms with E-state index in [1.165, 1.54) is 77.0 Å². The first kappa shape index (κ1) is 67.8. The van der Waals surface area contributed by atoms with Gasteiger partial charge in [0.25, 0.3) is 0 Å². The number of carbonyl (C=O) groups excluding carboxylic acids is 3. The van der Waals surface area contributed by atoms with Gasteiger partial charge in [-0.1, -0.05) is 239 Å². The minimum absolute atomic E-state index is 0.0951. The average Bonchev–Trinajstić information content (AvgIpc) is 3.38. The fourth-order valence-corrected chi connectivity index (χ4v) is 7.82. The molecule has 408 valence electrons. The number of hydrogen-bond acceptors (Lipinski definition) is 6. The fraction of sp³-hybridized carbons (Fsp3) is 0.652. The third-order valence-electron chi connectivity index (χ3n) is 12.2. The van der Waals surface area contributed by atoms with Crippen LogP contribution >= 0.6 is 0 Å². The molecule has 0 rings (SSSR count). The molecule has 0 aromatic rings. The van der Waals surface area contributed by atoms with E-state index in [0.29, 0.717) is 12.8 Å². The summed E-state index contributed by atoms with van der Waals surface area (Å²) in [6.45, 7) is 6.31. The predicted octanol–water partition coefficient (Wildman–Crippen LogP) is 20.0. The van der Waals surface area contributed by atoms with Gasteiger partial charge in [0.2, 0.25) is 0 Å². The van der Waals surface area contributed by atoms with Gasteiger partial charge in [-0.15, -0.1) is 0 Å². The number of rotatable bonds is 52. The fourth-order valence-electron chi connectivity index (χ4n) is 7.82. The Bertz CT molecular complexity index is 1520. The molecule has 1 atom stereocenters. The third-order valence-corrected chi connectivity index (χ3v) is 12.2. The van der Waals surface area contributed by atoms with Crippen molar-refractivity contribution in [2.45, 2.75) is 264 Å². The maximum absolute atomic E-state index is 12.8. The van der Waals surface area contributed by atoms with Crippen LogP contribution in [0.1, 0.15) is 258 Å². The van der Waals surface area contributed by atoms with Crippen LogP contribution in [0.5, 0.6) is 0 Å². The highest BCUT2D eigenvalue weighted by Crippen LogP contribution is 2.15. The smallest absolute Gasteiger partial charge is 0.306 e. The Balaban J connectivity index is 4.18. The molecule has 6 heteroatoms. The van der Waals surface area contributed by atoms with Crippen molar-refractivity contribution in [2.24, 2.45) is 0 Å². The maximum Gasteiger partial charge on any atom is 0.306 e. The van der Waals surface area contributed by atoms with Crippen LogP contribution in [0.4, 0.5) is 0 Å². The molecule has 72 heavy (non-hydrogen) atoms. The summed E-state index contributed by atoms with van der Waals surface area (Å²) in [5.41, 5.74) is 0. The topological polar surface area (TPSA) is 78.9 Å². The SMILES string of the molecule is CC/C=C\C/C=C\C/C=C\C/C=C\C/C=C\C/C=C\CCCCCCCCCCCCCCC(=O)OCC(COC(=O)CCCCCCC/C=C\CCC)OC(=O)CCCCC/C=C\C/C=C\C/C=C\CC. The molecule has 0 amide bonds. The van der Waals surface area contributed by atoms with Gasteiger partial charge in [0, 0.05) is 19.3 Å². The summed E-state index contributed by atoms with van der Waals surface area (Å²) >= 11 is 0. The zero-order valence-corrected chi connectivity index (χ0v) is 46.7. The Kier molecular flexibility index (Phi) is 55.9. The molecule has 0 N–H and O–H groups in total. The Labute approximate surface area is 443 Å². The number of carbonyl (C=O) groups is 3. The highest BCUT2D eigenvalue weighted by atomic mass is 16.6. The standard InChI is InChI=1S/C66H108O6/c1-4-7-10-13-16-19-22-24-25-26-27-28-29-30-31-32-33-34-35-36-37-38-39-40-41-43-44-47-50-53-56-59-65(68)71-62-63(61-70-64(67)58-55-52-49-46-21-18-15-12-9-6-3)72-66(69)60-57-54-51-48-45-42-23-20-17-14-11-8-5-2/h7-8,10-12,15-17,19-20,24-25,27-28,30-31,33-34,42,45,63H,4-6,9,13-14,18,21-23,26,29,32,35-41,43-44,46-62H2,1-3H3/b10-7-,11-8-,15-12-,19-16-,20-17-,25-24-,28-27-,31-30-,34-33-,45-42-. The largest absolute Gasteiger partial charge is 0.462 e. The molecule has 0 bridgehead atoms. The van der Waals surface area contributed by atoms with E-state index in [9.17, 15) is 14.4 Å². The Hall–Kier alpha value is -4.19. The Morgan fingerprint density at radius 2 is 0.542 bits per heavy atom. The molecule has 0 radical (unpaired) electrons. The molecule has 6 nitrogen and oxygen atoms in total. The zero-order chi connectivity index (χ0) is 52.2. The van der Waals surface area contributed by atoms with Crippen LogP contribution in [0, 0.1) is 0 Å². The maximum atomic E-state index is 12.8. The minimum Gasteiger partial charge on any atom is -0.462 e. The van der Waals surface area contributed by atoms with Crippen molar-refractivity contribution in [3.63, 3.8) is 0 Å². The van der Waals surface area contributed by atoms with Gasteiger partial charge in [-0.05, 0) is 122 Å². The molecule has 0 aliphatic carbocycles. The van der Waals surface area contributed by atoms with E-state index >= 15 is 0 Å². The summed E-state index contributed by atoms with van der Waals surface area (Å²) in [6.07, 6.45) is 82.2. The lowest BCUT2D eigenvalue weighted by atomic mass is 10.0. The molecule has 0 aliphatic heterocycles. The molecule has 0 saturated heterocycles. The molecule has 0 spiro atoms. The third kappa shape index (κ3) is 56.7. The average molecular weight is 998 g/mol. The number of esters is 3. The van der Waals surface area contributed by atoms with Crippen LogP contribution in [0.15, 0.2) is 122 Å². The summed E-state index contributed by atoms with van der Waals surface area (Å²) in [6, 6.07) is 0. The van der Waals surface area contributed by atoms with Crippen molar-refractivity contribution in [3.05, 3.63) is 122 Å². The van der Waals surface area contributed by atoms with Crippen LogP contribution in [0.3, 0.4) is 0 Å². The number of allylic oxidation sites excluding steroid dienone is 20. The summed E-state index contributed by atoms with van der Waals surface area (Å²) in [7, 11) is 0. The quantitative estimate of drug-likeness (QED) is 0.0261. The molecular formula is C66H108O6. The minimum atomic E-state index is -0.798. The summed E-state index contributed by atoms with van der Waals surface area (Å²) in [5.74, 6) is -0.940. The molecule has 0 aromatic carbocycles. The number of ether oxygens (including phenoxy) is 3. The second-order valence-electron chi connectivity index (χ2n) is 19.1. The zero-order valence-electron chi connectivity index (χ0n) is 46.7. The van der Waals surface area contributed by atoms with E-state index in [-0.39, 0.29) is 37.5 Å². The van der Waals surface area contributed by atoms with E-state index in [0.717, 1.165) is 141 Å². The van der Waals surface area contributed by atoms with E-state index in [1.807, 2.05) is 0 Å². The van der Waals surface area contributed by atoms with E-state index in [1.54, 1.807) is 0 Å². The van der Waals surface area contributed by atoms with Gasteiger partial charge in [0.15, 0.2) is 6.10 Å². The van der Waals surface area contributed by atoms with Crippen LogP contribution in [0.2, 0.25) is 0 Å². The van der Waals surface area contributed by atoms with Gasteiger partial charge in [-0.25, -0.2) is 0 Å². The molecular weight excluding hydrogens is 889 g/mol.